The van der Waals surface area contributed by atoms with E-state index in [4.69, 9.17) is 0 Å². The van der Waals surface area contributed by atoms with Crippen LogP contribution >= 0.6 is 0 Å². The van der Waals surface area contributed by atoms with Gasteiger partial charge in [0.1, 0.15) is 0 Å². The molecule has 0 bridgehead atoms. The summed E-state index contributed by atoms with van der Waals surface area (Å²) >= 11 is 0. The largest absolute Gasteiger partial charge is 0.393 e. The predicted molar refractivity (Wildman–Crippen MR) is 127 cm³/mol. The van der Waals surface area contributed by atoms with Gasteiger partial charge in [-0.3, -0.25) is 0 Å². The Bertz CT molecular complexity index is 784. The van der Waals surface area contributed by atoms with Crippen molar-refractivity contribution in [1.29, 1.82) is 0 Å². The second kappa shape index (κ2) is 6.62. The van der Waals surface area contributed by atoms with Crippen molar-refractivity contribution >= 4 is 0 Å². The molecule has 31 heavy (non-hydrogen) atoms. The molecule has 5 rings (SSSR count). The van der Waals surface area contributed by atoms with E-state index in [-0.39, 0.29) is 33.9 Å². The van der Waals surface area contributed by atoms with E-state index in [2.05, 4.69) is 54.5 Å². The third kappa shape index (κ3) is 2.70. The fourth-order valence-electron chi connectivity index (χ4n) is 10.7. The van der Waals surface area contributed by atoms with Crippen molar-refractivity contribution in [2.75, 3.05) is 0 Å². The van der Waals surface area contributed by atoms with Crippen molar-refractivity contribution < 1.29 is 10.2 Å². The first kappa shape index (κ1) is 22.5. The van der Waals surface area contributed by atoms with E-state index >= 15 is 0 Å². The van der Waals surface area contributed by atoms with Crippen LogP contribution in [0.5, 0.6) is 0 Å². The Labute approximate surface area is 191 Å². The fourth-order valence-corrected chi connectivity index (χ4v) is 10.7. The molecule has 2 nitrogen and oxygen atoms in total. The Balaban J connectivity index is 1.57. The fraction of sp³-hybridized carbons (Fsp3) is 0.931. The first-order chi connectivity index (χ1) is 14.3. The van der Waals surface area contributed by atoms with Crippen molar-refractivity contribution in [3.8, 4) is 0 Å². The highest BCUT2D eigenvalue weighted by atomic mass is 16.3. The van der Waals surface area contributed by atoms with Gasteiger partial charge in [0.2, 0.25) is 0 Å². The Morgan fingerprint density at radius 3 is 2.26 bits per heavy atom. The number of hydrogen-bond donors (Lipinski definition) is 2. The third-order valence-electron chi connectivity index (χ3n) is 13.0. The van der Waals surface area contributed by atoms with Gasteiger partial charge in [-0.2, -0.15) is 0 Å². The highest BCUT2D eigenvalue weighted by Gasteiger charge is 2.70. The Morgan fingerprint density at radius 1 is 0.839 bits per heavy atom. The third-order valence-corrected chi connectivity index (χ3v) is 13.0. The highest BCUT2D eigenvalue weighted by Crippen LogP contribution is 2.76. The number of allylic oxidation sites excluding steroid dienone is 2. The number of rotatable bonds is 0. The molecule has 2 heteroatoms. The topological polar surface area (TPSA) is 40.5 Å². The van der Waals surface area contributed by atoms with E-state index in [1.54, 1.807) is 5.57 Å². The van der Waals surface area contributed by atoms with Gasteiger partial charge >= 0.3 is 0 Å². The van der Waals surface area contributed by atoms with Crippen LogP contribution in [0, 0.1) is 50.7 Å². The lowest BCUT2D eigenvalue weighted by Crippen LogP contribution is -2.69. The maximum atomic E-state index is 11.9. The van der Waals surface area contributed by atoms with Crippen LogP contribution in [0.15, 0.2) is 11.6 Å². The van der Waals surface area contributed by atoms with E-state index < -0.39 is 0 Å². The molecule has 0 radical (unpaired) electrons. The molecule has 4 saturated carbocycles. The second-order valence-corrected chi connectivity index (χ2v) is 14.4. The van der Waals surface area contributed by atoms with Crippen LogP contribution in [0.2, 0.25) is 0 Å². The predicted octanol–water partition coefficient (Wildman–Crippen LogP) is 6.75. The van der Waals surface area contributed by atoms with E-state index in [1.165, 1.54) is 38.5 Å². The lowest BCUT2D eigenvalue weighted by Gasteiger charge is -2.74. The molecule has 5 aliphatic rings. The molecule has 10 atom stereocenters. The van der Waals surface area contributed by atoms with E-state index in [0.29, 0.717) is 29.1 Å². The zero-order valence-electron chi connectivity index (χ0n) is 21.3. The highest BCUT2D eigenvalue weighted by molar-refractivity contribution is 5.22. The molecule has 0 spiro atoms. The maximum Gasteiger partial charge on any atom is 0.0594 e. The van der Waals surface area contributed by atoms with Crippen LogP contribution in [-0.4, -0.2) is 22.4 Å². The molecule has 10 unspecified atom stereocenters. The summed E-state index contributed by atoms with van der Waals surface area (Å²) in [6.45, 7) is 17.2. The van der Waals surface area contributed by atoms with Gasteiger partial charge in [-0.1, -0.05) is 53.2 Å². The molecule has 0 aromatic rings. The molecule has 0 aromatic heterocycles. The molecular weight excluding hydrogens is 380 g/mol. The summed E-state index contributed by atoms with van der Waals surface area (Å²) < 4.78 is 0. The minimum absolute atomic E-state index is 0.0204. The molecule has 0 saturated heterocycles. The van der Waals surface area contributed by atoms with Gasteiger partial charge in [-0.15, -0.1) is 0 Å². The lowest BCUT2D eigenvalue weighted by molar-refractivity contribution is -0.271. The van der Waals surface area contributed by atoms with Crippen molar-refractivity contribution in [2.45, 2.75) is 118 Å². The number of aliphatic hydroxyl groups excluding tert-OH is 2. The summed E-state index contributed by atoms with van der Waals surface area (Å²) in [6.07, 6.45) is 12.6. The monoisotopic (exact) mass is 428 g/mol. The summed E-state index contributed by atoms with van der Waals surface area (Å²) in [7, 11) is 0. The van der Waals surface area contributed by atoms with Crippen LogP contribution in [0.3, 0.4) is 0 Å². The molecule has 2 N–H and O–H groups in total. The van der Waals surface area contributed by atoms with E-state index in [9.17, 15) is 10.2 Å². The van der Waals surface area contributed by atoms with Gasteiger partial charge in [-0.05, 0) is 115 Å². The second-order valence-electron chi connectivity index (χ2n) is 14.4. The summed E-state index contributed by atoms with van der Waals surface area (Å²) in [6, 6.07) is 0. The van der Waals surface area contributed by atoms with Crippen LogP contribution < -0.4 is 0 Å². The minimum Gasteiger partial charge on any atom is -0.393 e. The molecule has 176 valence electrons. The van der Waals surface area contributed by atoms with E-state index in [1.807, 2.05) is 0 Å². The standard InChI is InChI=1S/C29H48O2/c1-18-8-11-26(4)14-15-29(7)24(19(26)16-18)20(30)17-22-27(5)12-10-23(31)25(2,3)21(27)9-13-28(22,29)6/h8,19-24,30-31H,9-17H2,1-7H3. The van der Waals surface area contributed by atoms with Crippen LogP contribution in [0.4, 0.5) is 0 Å². The molecule has 4 fully saturated rings. The zero-order chi connectivity index (χ0) is 22.6. The molecule has 0 heterocycles. The van der Waals surface area contributed by atoms with Gasteiger partial charge in [0.15, 0.2) is 0 Å². The van der Waals surface area contributed by atoms with Crippen molar-refractivity contribution in [3.05, 3.63) is 11.6 Å². The minimum atomic E-state index is -0.181. The van der Waals surface area contributed by atoms with Gasteiger partial charge in [0.05, 0.1) is 12.2 Å². The first-order valence-electron chi connectivity index (χ1n) is 13.3. The number of hydrogen-bond acceptors (Lipinski definition) is 2. The molecule has 5 aliphatic carbocycles. The van der Waals surface area contributed by atoms with Crippen LogP contribution in [-0.2, 0) is 0 Å². The zero-order valence-corrected chi connectivity index (χ0v) is 21.3. The van der Waals surface area contributed by atoms with Crippen LogP contribution in [0.1, 0.15) is 106 Å². The number of fused-ring (bicyclic) bond motifs is 7. The molecule has 0 aliphatic heterocycles. The Kier molecular flexibility index (Phi) is 4.80. The molecule has 0 aromatic carbocycles. The van der Waals surface area contributed by atoms with Gasteiger partial charge < -0.3 is 10.2 Å². The Hall–Kier alpha value is -0.340. The SMILES string of the molecule is CC1=CCC2(C)CCC3(C)C(C(O)CC4C5(C)CCC(O)C(C)(C)C5CCC43C)C2C1. The lowest BCUT2D eigenvalue weighted by atomic mass is 9.31. The van der Waals surface area contributed by atoms with Crippen molar-refractivity contribution in [1.82, 2.24) is 0 Å². The van der Waals surface area contributed by atoms with Gasteiger partial charge in [0.25, 0.3) is 0 Å². The summed E-state index contributed by atoms with van der Waals surface area (Å²) in [5.74, 6) is 2.17. The Morgan fingerprint density at radius 2 is 1.55 bits per heavy atom. The molecular formula is C29H48O2. The van der Waals surface area contributed by atoms with Crippen LogP contribution in [0.25, 0.3) is 0 Å². The van der Waals surface area contributed by atoms with Gasteiger partial charge in [-0.25, -0.2) is 0 Å². The quantitative estimate of drug-likeness (QED) is 0.419. The first-order valence-corrected chi connectivity index (χ1v) is 13.3. The summed E-state index contributed by atoms with van der Waals surface area (Å²) in [5, 5.41) is 22.7. The number of aliphatic hydroxyl groups is 2. The van der Waals surface area contributed by atoms with Gasteiger partial charge in [0, 0.05) is 0 Å². The summed E-state index contributed by atoms with van der Waals surface area (Å²) in [5.41, 5.74) is 2.62. The van der Waals surface area contributed by atoms with E-state index in [0.717, 1.165) is 19.3 Å². The van der Waals surface area contributed by atoms with Crippen molar-refractivity contribution in [2.24, 2.45) is 50.7 Å². The molecule has 0 amide bonds. The average Bonchev–Trinajstić information content (AvgIpc) is 2.68. The average molecular weight is 429 g/mol. The summed E-state index contributed by atoms with van der Waals surface area (Å²) in [4.78, 5) is 0. The maximum absolute atomic E-state index is 11.9. The smallest absolute Gasteiger partial charge is 0.0594 e. The normalized spacial score (nSPS) is 58.3. The van der Waals surface area contributed by atoms with Crippen molar-refractivity contribution in [3.63, 3.8) is 0 Å².